The Morgan fingerprint density at radius 1 is 1.24 bits per heavy atom. The third kappa shape index (κ3) is 2.98. The van der Waals surface area contributed by atoms with Crippen LogP contribution in [0.3, 0.4) is 0 Å². The molecule has 3 rings (SSSR count). The number of β-amino-alcohol motifs (C(OH)–C–C–N with tert-alkyl or cyclic N) is 1. The lowest BCUT2D eigenvalue weighted by Crippen LogP contribution is -2.41. The summed E-state index contributed by atoms with van der Waals surface area (Å²) < 4.78 is 7.57. The van der Waals surface area contributed by atoms with E-state index in [9.17, 15) is 5.11 Å². The molecule has 1 atom stereocenters. The molecular weight excluding hydrogens is 264 g/mol. The first-order chi connectivity index (χ1) is 10.2. The molecule has 2 heterocycles. The normalized spacial score (nSPS) is 18.2. The summed E-state index contributed by atoms with van der Waals surface area (Å²) in [6, 6.07) is 8.43. The highest BCUT2D eigenvalue weighted by Gasteiger charge is 2.18. The van der Waals surface area contributed by atoms with E-state index < -0.39 is 0 Å². The summed E-state index contributed by atoms with van der Waals surface area (Å²) in [5.74, 6) is 0. The molecule has 1 aromatic carbocycles. The third-order valence-electron chi connectivity index (χ3n) is 4.54. The van der Waals surface area contributed by atoms with E-state index in [2.05, 4.69) is 47.7 Å². The van der Waals surface area contributed by atoms with E-state index in [0.717, 1.165) is 32.8 Å². The predicted octanol–water partition coefficient (Wildman–Crippen LogP) is 1.72. The smallest absolute Gasteiger partial charge is 0.0708 e. The lowest BCUT2D eigenvalue weighted by atomic mass is 10.0. The van der Waals surface area contributed by atoms with Crippen molar-refractivity contribution in [3.8, 4) is 0 Å². The minimum atomic E-state index is -0.326. The minimum absolute atomic E-state index is 0.326. The summed E-state index contributed by atoms with van der Waals surface area (Å²) in [6.45, 7) is 6.26. The van der Waals surface area contributed by atoms with Crippen LogP contribution in [0.15, 0.2) is 24.3 Å². The molecule has 1 fully saturated rings. The first kappa shape index (κ1) is 14.6. The lowest BCUT2D eigenvalue weighted by Gasteiger charge is -2.28. The van der Waals surface area contributed by atoms with E-state index in [0.29, 0.717) is 6.42 Å². The third-order valence-corrected chi connectivity index (χ3v) is 4.54. The second kappa shape index (κ2) is 6.18. The molecular formula is C17H24N2O2. The molecule has 1 saturated heterocycles. The topological polar surface area (TPSA) is 37.6 Å². The molecule has 1 aliphatic rings. The van der Waals surface area contributed by atoms with Gasteiger partial charge in [-0.05, 0) is 18.6 Å². The van der Waals surface area contributed by atoms with Crippen LogP contribution in [-0.4, -0.2) is 53.5 Å². The number of hydrogen-bond donors (Lipinski definition) is 1. The molecule has 1 unspecified atom stereocenters. The van der Waals surface area contributed by atoms with Crippen molar-refractivity contribution in [1.29, 1.82) is 0 Å². The van der Waals surface area contributed by atoms with Crippen molar-refractivity contribution >= 4 is 10.9 Å². The van der Waals surface area contributed by atoms with Crippen LogP contribution >= 0.6 is 0 Å². The fourth-order valence-corrected chi connectivity index (χ4v) is 3.24. The standard InChI is InChI=1S/C17H24N2O2/c1-13-16(15-5-3-4-6-17(15)18(13)2)11-14(20)12-19-7-9-21-10-8-19/h3-6,14,20H,7-12H2,1-2H3. The summed E-state index contributed by atoms with van der Waals surface area (Å²) in [5.41, 5.74) is 3.76. The minimum Gasteiger partial charge on any atom is -0.391 e. The van der Waals surface area contributed by atoms with Crippen LogP contribution in [0.25, 0.3) is 10.9 Å². The molecule has 1 N–H and O–H groups in total. The van der Waals surface area contributed by atoms with Gasteiger partial charge >= 0.3 is 0 Å². The van der Waals surface area contributed by atoms with Crippen LogP contribution < -0.4 is 0 Å². The van der Waals surface area contributed by atoms with Gasteiger partial charge in [-0.3, -0.25) is 4.90 Å². The zero-order valence-corrected chi connectivity index (χ0v) is 12.9. The number of rotatable bonds is 4. The first-order valence-corrected chi connectivity index (χ1v) is 7.68. The number of para-hydroxylation sites is 1. The molecule has 21 heavy (non-hydrogen) atoms. The fourth-order valence-electron chi connectivity index (χ4n) is 3.24. The van der Waals surface area contributed by atoms with Gasteiger partial charge in [0.25, 0.3) is 0 Å². The summed E-state index contributed by atoms with van der Waals surface area (Å²) in [4.78, 5) is 2.29. The Hall–Kier alpha value is -1.36. The first-order valence-electron chi connectivity index (χ1n) is 7.68. The van der Waals surface area contributed by atoms with Crippen LogP contribution in [-0.2, 0) is 18.2 Å². The van der Waals surface area contributed by atoms with Crippen molar-refractivity contribution in [2.24, 2.45) is 7.05 Å². The second-order valence-electron chi connectivity index (χ2n) is 5.91. The Balaban J connectivity index is 1.76. The van der Waals surface area contributed by atoms with Crippen molar-refractivity contribution in [3.05, 3.63) is 35.5 Å². The van der Waals surface area contributed by atoms with Crippen molar-refractivity contribution in [1.82, 2.24) is 9.47 Å². The SMILES string of the molecule is Cc1c(CC(O)CN2CCOCC2)c2ccccc2n1C. The van der Waals surface area contributed by atoms with Crippen LogP contribution in [0.1, 0.15) is 11.3 Å². The van der Waals surface area contributed by atoms with Crippen molar-refractivity contribution < 1.29 is 9.84 Å². The summed E-state index contributed by atoms with van der Waals surface area (Å²) in [5, 5.41) is 11.7. The maximum atomic E-state index is 10.5. The van der Waals surface area contributed by atoms with Gasteiger partial charge in [-0.15, -0.1) is 0 Å². The zero-order chi connectivity index (χ0) is 14.8. The maximum Gasteiger partial charge on any atom is 0.0708 e. The number of aliphatic hydroxyl groups is 1. The molecule has 0 radical (unpaired) electrons. The van der Waals surface area contributed by atoms with E-state index in [4.69, 9.17) is 4.74 Å². The summed E-state index contributed by atoms with van der Waals surface area (Å²) in [6.07, 6.45) is 0.387. The predicted molar refractivity (Wildman–Crippen MR) is 84.6 cm³/mol. The monoisotopic (exact) mass is 288 g/mol. The Kier molecular flexibility index (Phi) is 4.29. The number of aromatic nitrogens is 1. The highest BCUT2D eigenvalue weighted by Crippen LogP contribution is 2.26. The maximum absolute atomic E-state index is 10.5. The number of hydrogen-bond acceptors (Lipinski definition) is 3. The largest absolute Gasteiger partial charge is 0.391 e. The average molecular weight is 288 g/mol. The number of fused-ring (bicyclic) bond motifs is 1. The molecule has 1 aliphatic heterocycles. The van der Waals surface area contributed by atoms with Gasteiger partial charge in [0.2, 0.25) is 0 Å². The van der Waals surface area contributed by atoms with Crippen LogP contribution in [0.4, 0.5) is 0 Å². The Bertz CT molecular complexity index is 615. The van der Waals surface area contributed by atoms with Gasteiger partial charge in [-0.25, -0.2) is 0 Å². The van der Waals surface area contributed by atoms with E-state index in [1.165, 1.54) is 22.2 Å². The van der Waals surface area contributed by atoms with E-state index >= 15 is 0 Å². The molecule has 114 valence electrons. The van der Waals surface area contributed by atoms with Crippen molar-refractivity contribution in [3.63, 3.8) is 0 Å². The Morgan fingerprint density at radius 2 is 1.95 bits per heavy atom. The molecule has 0 amide bonds. The van der Waals surface area contributed by atoms with Gasteiger partial charge in [0.15, 0.2) is 0 Å². The number of ether oxygens (including phenoxy) is 1. The van der Waals surface area contributed by atoms with Crippen LogP contribution in [0.2, 0.25) is 0 Å². The molecule has 0 bridgehead atoms. The van der Waals surface area contributed by atoms with Gasteiger partial charge < -0.3 is 14.4 Å². The van der Waals surface area contributed by atoms with E-state index in [1.54, 1.807) is 0 Å². The number of benzene rings is 1. The van der Waals surface area contributed by atoms with E-state index in [1.807, 2.05) is 0 Å². The van der Waals surface area contributed by atoms with Gasteiger partial charge in [0, 0.05) is 49.7 Å². The molecule has 1 aromatic heterocycles. The lowest BCUT2D eigenvalue weighted by molar-refractivity contribution is 0.0149. The molecule has 0 spiro atoms. The molecule has 4 nitrogen and oxygen atoms in total. The number of nitrogens with zero attached hydrogens (tertiary/aromatic N) is 2. The fraction of sp³-hybridized carbons (Fsp3) is 0.529. The molecule has 4 heteroatoms. The molecule has 0 saturated carbocycles. The quantitative estimate of drug-likeness (QED) is 0.931. The van der Waals surface area contributed by atoms with Gasteiger partial charge in [-0.1, -0.05) is 18.2 Å². The highest BCUT2D eigenvalue weighted by atomic mass is 16.5. The van der Waals surface area contributed by atoms with Gasteiger partial charge in [0.05, 0.1) is 19.3 Å². The number of aryl methyl sites for hydroxylation is 1. The number of morpholine rings is 1. The molecule has 0 aliphatic carbocycles. The molecule has 2 aromatic rings. The summed E-state index contributed by atoms with van der Waals surface area (Å²) >= 11 is 0. The summed E-state index contributed by atoms with van der Waals surface area (Å²) in [7, 11) is 2.09. The Morgan fingerprint density at radius 3 is 2.71 bits per heavy atom. The number of aliphatic hydroxyl groups excluding tert-OH is 1. The average Bonchev–Trinajstić information content (AvgIpc) is 2.74. The van der Waals surface area contributed by atoms with Gasteiger partial charge in [0.1, 0.15) is 0 Å². The van der Waals surface area contributed by atoms with Crippen LogP contribution in [0.5, 0.6) is 0 Å². The zero-order valence-electron chi connectivity index (χ0n) is 12.9. The van der Waals surface area contributed by atoms with Gasteiger partial charge in [-0.2, -0.15) is 0 Å². The van der Waals surface area contributed by atoms with Crippen molar-refractivity contribution in [2.75, 3.05) is 32.8 Å². The second-order valence-corrected chi connectivity index (χ2v) is 5.91. The van der Waals surface area contributed by atoms with E-state index in [-0.39, 0.29) is 6.10 Å². The van der Waals surface area contributed by atoms with Crippen molar-refractivity contribution in [2.45, 2.75) is 19.4 Å². The highest BCUT2D eigenvalue weighted by molar-refractivity contribution is 5.85. The van der Waals surface area contributed by atoms with Crippen LogP contribution in [0, 0.1) is 6.92 Å². The Labute approximate surface area is 125 Å².